The Morgan fingerprint density at radius 3 is 2.77 bits per heavy atom. The Kier molecular flexibility index (Phi) is 1.52. The normalized spacial score (nSPS) is 10.2. The predicted molar refractivity (Wildman–Crippen MR) is 47.2 cm³/mol. The van der Waals surface area contributed by atoms with Crippen molar-refractivity contribution in [2.45, 2.75) is 13.8 Å². The van der Waals surface area contributed by atoms with Crippen molar-refractivity contribution in [1.29, 1.82) is 5.26 Å². The molecule has 0 aliphatic carbocycles. The van der Waals surface area contributed by atoms with Crippen LogP contribution >= 0.6 is 0 Å². The molecule has 0 unspecified atom stereocenters. The standard InChI is InChI=1S/C9H8N4/c1-6-3-4-9-12-11-7(2)13(9)8(6)5-10/h3-4H,1-2H3. The molecule has 0 bridgehead atoms. The molecular weight excluding hydrogens is 164 g/mol. The lowest BCUT2D eigenvalue weighted by molar-refractivity contribution is 0.989. The molecule has 0 radical (unpaired) electrons. The second-order valence-electron chi connectivity index (χ2n) is 2.92. The van der Waals surface area contributed by atoms with Gasteiger partial charge in [0.1, 0.15) is 17.6 Å². The highest BCUT2D eigenvalue weighted by Crippen LogP contribution is 2.11. The molecule has 0 saturated carbocycles. The Hall–Kier alpha value is -1.89. The smallest absolute Gasteiger partial charge is 0.161 e. The first kappa shape index (κ1) is 7.74. The summed E-state index contributed by atoms with van der Waals surface area (Å²) < 4.78 is 1.76. The summed E-state index contributed by atoms with van der Waals surface area (Å²) in [7, 11) is 0. The molecule has 64 valence electrons. The summed E-state index contributed by atoms with van der Waals surface area (Å²) in [5, 5.41) is 16.8. The van der Waals surface area contributed by atoms with Crippen LogP contribution in [0.15, 0.2) is 12.1 Å². The average molecular weight is 172 g/mol. The van der Waals surface area contributed by atoms with E-state index in [1.54, 1.807) is 4.40 Å². The zero-order valence-electron chi connectivity index (χ0n) is 7.44. The minimum Gasteiger partial charge on any atom is -0.270 e. The van der Waals surface area contributed by atoms with Crippen molar-refractivity contribution < 1.29 is 0 Å². The molecule has 0 aliphatic heterocycles. The van der Waals surface area contributed by atoms with E-state index >= 15 is 0 Å². The third-order valence-corrected chi connectivity index (χ3v) is 2.04. The van der Waals surface area contributed by atoms with E-state index in [2.05, 4.69) is 16.3 Å². The molecule has 4 nitrogen and oxygen atoms in total. The van der Waals surface area contributed by atoms with Gasteiger partial charge in [-0.05, 0) is 25.5 Å². The number of fused-ring (bicyclic) bond motifs is 1. The van der Waals surface area contributed by atoms with Crippen LogP contribution in [0.5, 0.6) is 0 Å². The SMILES string of the molecule is Cc1ccc2nnc(C)n2c1C#N. The zero-order chi connectivity index (χ0) is 9.42. The van der Waals surface area contributed by atoms with Gasteiger partial charge in [0.15, 0.2) is 5.65 Å². The first-order chi connectivity index (χ1) is 6.24. The maximum atomic E-state index is 8.93. The number of aromatic nitrogens is 3. The van der Waals surface area contributed by atoms with Crippen molar-refractivity contribution in [2.24, 2.45) is 0 Å². The monoisotopic (exact) mass is 172 g/mol. The summed E-state index contributed by atoms with van der Waals surface area (Å²) in [4.78, 5) is 0. The fourth-order valence-corrected chi connectivity index (χ4v) is 1.36. The molecule has 2 rings (SSSR count). The van der Waals surface area contributed by atoms with E-state index in [0.29, 0.717) is 5.69 Å². The van der Waals surface area contributed by atoms with Crippen LogP contribution in [0.1, 0.15) is 17.1 Å². The van der Waals surface area contributed by atoms with Crippen molar-refractivity contribution in [3.8, 4) is 6.07 Å². The lowest BCUT2D eigenvalue weighted by Gasteiger charge is -2.00. The molecule has 0 aliphatic rings. The van der Waals surface area contributed by atoms with Crippen LogP contribution in [-0.2, 0) is 0 Å². The van der Waals surface area contributed by atoms with Gasteiger partial charge in [0, 0.05) is 0 Å². The van der Waals surface area contributed by atoms with Crippen LogP contribution in [0, 0.1) is 25.2 Å². The molecule has 0 amide bonds. The van der Waals surface area contributed by atoms with Crippen LogP contribution in [0.3, 0.4) is 0 Å². The molecule has 13 heavy (non-hydrogen) atoms. The van der Waals surface area contributed by atoms with Crippen LogP contribution in [0.25, 0.3) is 5.65 Å². The first-order valence-corrected chi connectivity index (χ1v) is 3.95. The maximum Gasteiger partial charge on any atom is 0.161 e. The number of hydrogen-bond acceptors (Lipinski definition) is 3. The Balaban J connectivity index is 2.99. The highest BCUT2D eigenvalue weighted by Gasteiger charge is 2.07. The van der Waals surface area contributed by atoms with Gasteiger partial charge in [-0.2, -0.15) is 5.26 Å². The van der Waals surface area contributed by atoms with Gasteiger partial charge in [-0.3, -0.25) is 4.40 Å². The van der Waals surface area contributed by atoms with Gasteiger partial charge >= 0.3 is 0 Å². The summed E-state index contributed by atoms with van der Waals surface area (Å²) in [6, 6.07) is 5.88. The van der Waals surface area contributed by atoms with Crippen molar-refractivity contribution in [2.75, 3.05) is 0 Å². The van der Waals surface area contributed by atoms with Gasteiger partial charge in [0.05, 0.1) is 0 Å². The Morgan fingerprint density at radius 1 is 1.31 bits per heavy atom. The Labute approximate surface area is 75.4 Å². The number of rotatable bonds is 0. The molecule has 0 N–H and O–H groups in total. The van der Waals surface area contributed by atoms with E-state index in [0.717, 1.165) is 17.0 Å². The van der Waals surface area contributed by atoms with E-state index in [4.69, 9.17) is 5.26 Å². The zero-order valence-corrected chi connectivity index (χ0v) is 7.44. The highest BCUT2D eigenvalue weighted by molar-refractivity contribution is 5.46. The minimum absolute atomic E-state index is 0.611. The van der Waals surface area contributed by atoms with Gasteiger partial charge in [-0.15, -0.1) is 10.2 Å². The molecule has 2 aromatic heterocycles. The summed E-state index contributed by atoms with van der Waals surface area (Å²) in [6.07, 6.45) is 0. The summed E-state index contributed by atoms with van der Waals surface area (Å²) in [5.74, 6) is 0.746. The third kappa shape index (κ3) is 0.975. The average Bonchev–Trinajstić information content (AvgIpc) is 2.49. The Bertz CT molecular complexity index is 504. The second kappa shape index (κ2) is 2.56. The van der Waals surface area contributed by atoms with E-state index in [-0.39, 0.29) is 0 Å². The van der Waals surface area contributed by atoms with Crippen LogP contribution < -0.4 is 0 Å². The van der Waals surface area contributed by atoms with Gasteiger partial charge in [-0.25, -0.2) is 0 Å². The number of aryl methyl sites for hydroxylation is 2. The van der Waals surface area contributed by atoms with Gasteiger partial charge in [-0.1, -0.05) is 6.07 Å². The van der Waals surface area contributed by atoms with Crippen molar-refractivity contribution in [1.82, 2.24) is 14.6 Å². The van der Waals surface area contributed by atoms with Gasteiger partial charge in [0.25, 0.3) is 0 Å². The maximum absolute atomic E-state index is 8.93. The van der Waals surface area contributed by atoms with Crippen LogP contribution in [0.2, 0.25) is 0 Å². The molecular formula is C9H8N4. The molecule has 2 aromatic rings. The van der Waals surface area contributed by atoms with Crippen molar-refractivity contribution in [3.63, 3.8) is 0 Å². The highest BCUT2D eigenvalue weighted by atomic mass is 15.2. The molecule has 0 saturated heterocycles. The van der Waals surface area contributed by atoms with Crippen molar-refractivity contribution >= 4 is 5.65 Å². The molecule has 0 atom stereocenters. The lowest BCUT2D eigenvalue weighted by Crippen LogP contribution is -1.97. The predicted octanol–water partition coefficient (Wildman–Crippen LogP) is 1.22. The quantitative estimate of drug-likeness (QED) is 0.600. The summed E-state index contributed by atoms with van der Waals surface area (Å²) >= 11 is 0. The largest absolute Gasteiger partial charge is 0.270 e. The van der Waals surface area contributed by atoms with Gasteiger partial charge < -0.3 is 0 Å². The van der Waals surface area contributed by atoms with Crippen LogP contribution in [0.4, 0.5) is 0 Å². The van der Waals surface area contributed by atoms with Crippen LogP contribution in [-0.4, -0.2) is 14.6 Å². The van der Waals surface area contributed by atoms with Crippen molar-refractivity contribution in [3.05, 3.63) is 29.2 Å². The topological polar surface area (TPSA) is 54.0 Å². The second-order valence-corrected chi connectivity index (χ2v) is 2.92. The van der Waals surface area contributed by atoms with Gasteiger partial charge in [0.2, 0.25) is 0 Å². The first-order valence-electron chi connectivity index (χ1n) is 3.95. The molecule has 4 heteroatoms. The van der Waals surface area contributed by atoms with E-state index in [1.807, 2.05) is 26.0 Å². The minimum atomic E-state index is 0.611. The third-order valence-electron chi connectivity index (χ3n) is 2.04. The van der Waals surface area contributed by atoms with E-state index in [1.165, 1.54) is 0 Å². The number of hydrogen-bond donors (Lipinski definition) is 0. The number of nitriles is 1. The van der Waals surface area contributed by atoms with E-state index < -0.39 is 0 Å². The summed E-state index contributed by atoms with van der Waals surface area (Å²) in [6.45, 7) is 3.73. The number of nitrogens with zero attached hydrogens (tertiary/aromatic N) is 4. The Morgan fingerprint density at radius 2 is 2.08 bits per heavy atom. The fraction of sp³-hybridized carbons (Fsp3) is 0.222. The summed E-state index contributed by atoms with van der Waals surface area (Å²) in [5.41, 5.74) is 2.28. The molecule has 0 spiro atoms. The van der Waals surface area contributed by atoms with E-state index in [9.17, 15) is 0 Å². The lowest BCUT2D eigenvalue weighted by atomic mass is 10.2. The molecule has 2 heterocycles. The molecule has 0 fully saturated rings. The number of pyridine rings is 1. The fourth-order valence-electron chi connectivity index (χ4n) is 1.36. The molecule has 0 aromatic carbocycles.